The van der Waals surface area contributed by atoms with Crippen LogP contribution in [0.3, 0.4) is 0 Å². The fourth-order valence-corrected chi connectivity index (χ4v) is 2.49. The van der Waals surface area contributed by atoms with Crippen molar-refractivity contribution in [2.45, 2.75) is 12.6 Å². The van der Waals surface area contributed by atoms with Crippen molar-refractivity contribution in [3.8, 4) is 0 Å². The van der Waals surface area contributed by atoms with Crippen molar-refractivity contribution >= 4 is 33.5 Å². The Morgan fingerprint density at radius 2 is 2.05 bits per heavy atom. The maximum atomic E-state index is 12.8. The number of carbonyl (C=O) groups is 2. The summed E-state index contributed by atoms with van der Waals surface area (Å²) in [6.45, 7) is -0.118. The van der Waals surface area contributed by atoms with Gasteiger partial charge >= 0.3 is 12.1 Å². The SMILES string of the molecule is O=C(O)[C@H]1CC(=O)N(c2ccc(Br)c(C(F)(F)F)c2)C1. The van der Waals surface area contributed by atoms with E-state index in [-0.39, 0.29) is 23.1 Å². The summed E-state index contributed by atoms with van der Waals surface area (Å²) in [6, 6.07) is 3.38. The number of amides is 1. The first-order valence-corrected chi connectivity index (χ1v) is 6.39. The molecule has 0 bridgehead atoms. The Balaban J connectivity index is 2.35. The predicted molar refractivity (Wildman–Crippen MR) is 67.2 cm³/mol. The molecule has 1 aliphatic rings. The molecular formula is C12H9BrF3NO3. The molecule has 1 aromatic carbocycles. The molecule has 1 aromatic rings. The number of carboxylic acids is 1. The van der Waals surface area contributed by atoms with Crippen LogP contribution in [0.1, 0.15) is 12.0 Å². The summed E-state index contributed by atoms with van der Waals surface area (Å²) in [7, 11) is 0. The Morgan fingerprint density at radius 1 is 1.40 bits per heavy atom. The number of hydrogen-bond acceptors (Lipinski definition) is 2. The number of aliphatic carboxylic acids is 1. The number of benzene rings is 1. The van der Waals surface area contributed by atoms with Gasteiger partial charge < -0.3 is 10.0 Å². The molecule has 8 heteroatoms. The van der Waals surface area contributed by atoms with Crippen LogP contribution < -0.4 is 4.90 Å². The quantitative estimate of drug-likeness (QED) is 0.891. The van der Waals surface area contributed by atoms with Crippen molar-refractivity contribution in [1.29, 1.82) is 0 Å². The lowest BCUT2D eigenvalue weighted by Crippen LogP contribution is -2.26. The Morgan fingerprint density at radius 3 is 2.55 bits per heavy atom. The number of anilines is 1. The molecule has 0 saturated carbocycles. The van der Waals surface area contributed by atoms with Crippen LogP contribution in [0.4, 0.5) is 18.9 Å². The number of halogens is 4. The number of rotatable bonds is 2. The Hall–Kier alpha value is -1.57. The molecule has 1 atom stereocenters. The maximum Gasteiger partial charge on any atom is 0.417 e. The van der Waals surface area contributed by atoms with Crippen LogP contribution in [-0.2, 0) is 15.8 Å². The summed E-state index contributed by atoms with van der Waals surface area (Å²) in [6.07, 6.45) is -4.75. The Kier molecular flexibility index (Phi) is 3.77. The smallest absolute Gasteiger partial charge is 0.417 e. The Bertz CT molecular complexity index is 574. The van der Waals surface area contributed by atoms with E-state index in [4.69, 9.17) is 5.11 Å². The van der Waals surface area contributed by atoms with Crippen molar-refractivity contribution in [2.24, 2.45) is 5.92 Å². The minimum Gasteiger partial charge on any atom is -0.481 e. The molecule has 0 spiro atoms. The zero-order chi connectivity index (χ0) is 15.1. The van der Waals surface area contributed by atoms with Gasteiger partial charge in [-0.15, -0.1) is 0 Å². The molecule has 1 heterocycles. The molecule has 108 valence electrons. The van der Waals surface area contributed by atoms with Crippen molar-refractivity contribution in [3.05, 3.63) is 28.2 Å². The van der Waals surface area contributed by atoms with Gasteiger partial charge in [-0.2, -0.15) is 13.2 Å². The number of hydrogen-bond donors (Lipinski definition) is 1. The van der Waals surface area contributed by atoms with E-state index in [1.54, 1.807) is 0 Å². The summed E-state index contributed by atoms with van der Waals surface area (Å²) in [5.74, 6) is -2.51. The van der Waals surface area contributed by atoms with Gasteiger partial charge in [0.1, 0.15) is 0 Å². The highest BCUT2D eigenvalue weighted by atomic mass is 79.9. The molecule has 20 heavy (non-hydrogen) atoms. The van der Waals surface area contributed by atoms with Crippen molar-refractivity contribution in [2.75, 3.05) is 11.4 Å². The van der Waals surface area contributed by atoms with Gasteiger partial charge in [0, 0.05) is 23.1 Å². The van der Waals surface area contributed by atoms with Crippen molar-refractivity contribution < 1.29 is 27.9 Å². The molecule has 0 radical (unpaired) electrons. The monoisotopic (exact) mass is 351 g/mol. The molecule has 0 aromatic heterocycles. The zero-order valence-corrected chi connectivity index (χ0v) is 11.5. The maximum absolute atomic E-state index is 12.8. The summed E-state index contributed by atoms with van der Waals surface area (Å²) < 4.78 is 38.2. The first-order chi connectivity index (χ1) is 9.20. The standard InChI is InChI=1S/C12H9BrF3NO3/c13-9-2-1-7(4-8(9)12(14,15)16)17-5-6(11(19)20)3-10(17)18/h1-2,4,6H,3,5H2,(H,19,20)/t6-/m0/s1. The molecule has 1 fully saturated rings. The van der Waals surface area contributed by atoms with Crippen LogP contribution in [0.5, 0.6) is 0 Å². The summed E-state index contributed by atoms with van der Waals surface area (Å²) in [4.78, 5) is 23.6. The molecule has 1 aliphatic heterocycles. The van der Waals surface area contributed by atoms with E-state index in [0.717, 1.165) is 11.0 Å². The van der Waals surface area contributed by atoms with Gasteiger partial charge in [0.05, 0.1) is 11.5 Å². The lowest BCUT2D eigenvalue weighted by molar-refractivity contribution is -0.141. The minimum atomic E-state index is -4.55. The third kappa shape index (κ3) is 2.79. The topological polar surface area (TPSA) is 57.6 Å². The lowest BCUT2D eigenvalue weighted by Gasteiger charge is -2.18. The summed E-state index contributed by atoms with van der Waals surface area (Å²) >= 11 is 2.81. The highest BCUT2D eigenvalue weighted by Gasteiger charge is 2.37. The van der Waals surface area contributed by atoms with E-state index in [9.17, 15) is 22.8 Å². The first-order valence-electron chi connectivity index (χ1n) is 5.60. The summed E-state index contributed by atoms with van der Waals surface area (Å²) in [5.41, 5.74) is -0.851. The average Bonchev–Trinajstić information content (AvgIpc) is 2.71. The number of nitrogens with zero attached hydrogens (tertiary/aromatic N) is 1. The fraction of sp³-hybridized carbons (Fsp3) is 0.333. The van der Waals surface area contributed by atoms with Crippen LogP contribution in [0, 0.1) is 5.92 Å². The van der Waals surface area contributed by atoms with Crippen molar-refractivity contribution in [1.82, 2.24) is 0 Å². The van der Waals surface area contributed by atoms with Crippen LogP contribution in [0.2, 0.25) is 0 Å². The molecule has 1 amide bonds. The van der Waals surface area contributed by atoms with E-state index in [0.29, 0.717) is 0 Å². The van der Waals surface area contributed by atoms with E-state index < -0.39 is 29.5 Å². The molecule has 0 aliphatic carbocycles. The largest absolute Gasteiger partial charge is 0.481 e. The van der Waals surface area contributed by atoms with Gasteiger partial charge in [-0.05, 0) is 18.2 Å². The van der Waals surface area contributed by atoms with Crippen LogP contribution in [0.25, 0.3) is 0 Å². The molecule has 2 rings (SSSR count). The van der Waals surface area contributed by atoms with Gasteiger partial charge in [0.15, 0.2) is 0 Å². The summed E-state index contributed by atoms with van der Waals surface area (Å²) in [5, 5.41) is 8.86. The molecule has 1 saturated heterocycles. The molecule has 4 nitrogen and oxygen atoms in total. The van der Waals surface area contributed by atoms with Gasteiger partial charge in [0.25, 0.3) is 0 Å². The minimum absolute atomic E-state index is 0.0503. The lowest BCUT2D eigenvalue weighted by atomic mass is 10.1. The number of carbonyl (C=O) groups excluding carboxylic acids is 1. The van der Waals surface area contributed by atoms with Crippen LogP contribution in [0.15, 0.2) is 22.7 Å². The highest BCUT2D eigenvalue weighted by molar-refractivity contribution is 9.10. The van der Waals surface area contributed by atoms with Crippen LogP contribution in [-0.4, -0.2) is 23.5 Å². The third-order valence-corrected chi connectivity index (χ3v) is 3.73. The molecular weight excluding hydrogens is 343 g/mol. The molecule has 0 unspecified atom stereocenters. The first kappa shape index (κ1) is 14.8. The third-order valence-electron chi connectivity index (χ3n) is 3.04. The second-order valence-corrected chi connectivity index (χ2v) is 5.26. The van der Waals surface area contributed by atoms with Gasteiger partial charge in [0.2, 0.25) is 5.91 Å². The van der Waals surface area contributed by atoms with E-state index in [1.165, 1.54) is 12.1 Å². The second kappa shape index (κ2) is 5.08. The second-order valence-electron chi connectivity index (χ2n) is 4.41. The van der Waals surface area contributed by atoms with Crippen LogP contribution >= 0.6 is 15.9 Å². The van der Waals surface area contributed by atoms with Gasteiger partial charge in [-0.1, -0.05) is 15.9 Å². The van der Waals surface area contributed by atoms with E-state index >= 15 is 0 Å². The van der Waals surface area contributed by atoms with E-state index in [2.05, 4.69) is 15.9 Å². The Labute approximate surface area is 120 Å². The average molecular weight is 352 g/mol. The number of alkyl halides is 3. The van der Waals surface area contributed by atoms with Crippen molar-refractivity contribution in [3.63, 3.8) is 0 Å². The zero-order valence-electron chi connectivity index (χ0n) is 9.95. The fourth-order valence-electron chi connectivity index (χ4n) is 2.02. The van der Waals surface area contributed by atoms with E-state index in [1.807, 2.05) is 0 Å². The normalized spacial score (nSPS) is 19.5. The van der Waals surface area contributed by atoms with Gasteiger partial charge in [-0.3, -0.25) is 9.59 Å². The molecule has 1 N–H and O–H groups in total. The van der Waals surface area contributed by atoms with Gasteiger partial charge in [-0.25, -0.2) is 0 Å². The highest BCUT2D eigenvalue weighted by Crippen LogP contribution is 2.38. The predicted octanol–water partition coefficient (Wildman–Crippen LogP) is 2.91. The number of carboxylic acid groups (broad SMARTS) is 1.